The summed E-state index contributed by atoms with van der Waals surface area (Å²) in [6, 6.07) is 0.330. The van der Waals surface area contributed by atoms with Gasteiger partial charge in [-0.2, -0.15) is 0 Å². The van der Waals surface area contributed by atoms with Crippen LogP contribution in [0.3, 0.4) is 0 Å². The highest BCUT2D eigenvalue weighted by atomic mass is 32.2. The van der Waals surface area contributed by atoms with Gasteiger partial charge in [0.2, 0.25) is 0 Å². The van der Waals surface area contributed by atoms with E-state index in [1.807, 2.05) is 25.5 Å². The fourth-order valence-electron chi connectivity index (χ4n) is 2.91. The van der Waals surface area contributed by atoms with Crippen LogP contribution in [-0.4, -0.2) is 49.0 Å². The predicted molar refractivity (Wildman–Crippen MR) is 93.8 cm³/mol. The van der Waals surface area contributed by atoms with Gasteiger partial charge in [0.05, 0.1) is 6.54 Å². The summed E-state index contributed by atoms with van der Waals surface area (Å²) in [6.45, 7) is 4.50. The molecular formula is C15H28N6OS. The lowest BCUT2D eigenvalue weighted by Crippen LogP contribution is -2.46. The third-order valence-corrected chi connectivity index (χ3v) is 6.18. The number of aromatic nitrogens is 3. The molecule has 1 saturated carbocycles. The van der Waals surface area contributed by atoms with E-state index in [0.717, 1.165) is 49.0 Å². The van der Waals surface area contributed by atoms with Crippen LogP contribution in [0.2, 0.25) is 0 Å². The number of nitrogens with zero attached hydrogens (tertiary/aromatic N) is 4. The Balaban J connectivity index is 1.87. The van der Waals surface area contributed by atoms with Crippen LogP contribution in [0.5, 0.6) is 0 Å². The summed E-state index contributed by atoms with van der Waals surface area (Å²) in [5.74, 6) is 3.27. The maximum Gasteiger partial charge on any atom is 0.191 e. The molecule has 2 N–H and O–H groups in total. The molecule has 7 nitrogen and oxygen atoms in total. The Morgan fingerprint density at radius 3 is 2.83 bits per heavy atom. The van der Waals surface area contributed by atoms with Gasteiger partial charge in [-0.15, -0.1) is 10.2 Å². The van der Waals surface area contributed by atoms with Crippen LogP contribution in [0.1, 0.15) is 44.3 Å². The number of aliphatic imine (C=N–C) groups is 1. The zero-order valence-corrected chi connectivity index (χ0v) is 15.3. The van der Waals surface area contributed by atoms with Crippen LogP contribution in [0.25, 0.3) is 0 Å². The van der Waals surface area contributed by atoms with E-state index in [1.165, 1.54) is 0 Å². The summed E-state index contributed by atoms with van der Waals surface area (Å²) in [5.41, 5.74) is 0. The number of rotatable bonds is 5. The van der Waals surface area contributed by atoms with E-state index in [2.05, 4.69) is 25.8 Å². The quantitative estimate of drug-likeness (QED) is 0.614. The molecule has 1 aromatic heterocycles. The fraction of sp³-hybridized carbons (Fsp3) is 0.800. The lowest BCUT2D eigenvalue weighted by atomic mass is 9.95. The van der Waals surface area contributed by atoms with Gasteiger partial charge >= 0.3 is 0 Å². The monoisotopic (exact) mass is 340 g/mol. The van der Waals surface area contributed by atoms with E-state index in [9.17, 15) is 4.21 Å². The maximum atomic E-state index is 12.0. The Labute approximate surface area is 140 Å². The first-order valence-corrected chi connectivity index (χ1v) is 9.62. The summed E-state index contributed by atoms with van der Waals surface area (Å²) in [5, 5.41) is 15.2. The summed E-state index contributed by atoms with van der Waals surface area (Å²) in [4.78, 5) is 4.28. The van der Waals surface area contributed by atoms with Crippen LogP contribution in [0.4, 0.5) is 0 Å². The van der Waals surface area contributed by atoms with E-state index < -0.39 is 10.8 Å². The predicted octanol–water partition coefficient (Wildman–Crippen LogP) is 0.868. The molecule has 1 aliphatic carbocycles. The highest BCUT2D eigenvalue weighted by Gasteiger charge is 2.26. The smallest absolute Gasteiger partial charge is 0.191 e. The summed E-state index contributed by atoms with van der Waals surface area (Å²) >= 11 is 0. The molecule has 0 saturated heterocycles. The first kappa shape index (κ1) is 17.9. The molecule has 0 spiro atoms. The van der Waals surface area contributed by atoms with Crippen molar-refractivity contribution in [1.82, 2.24) is 25.4 Å². The standard InChI is InChI=1S/C15H28N6OS/c1-5-23(22)13-8-6-7-12(9-13)18-15(16-3)17-10-14-20-19-11(2)21(14)4/h12-13H,5-10H2,1-4H3,(H2,16,17,18). The minimum atomic E-state index is -0.707. The topological polar surface area (TPSA) is 84.2 Å². The van der Waals surface area contributed by atoms with E-state index in [0.29, 0.717) is 17.8 Å². The molecule has 2 rings (SSSR count). The molecule has 23 heavy (non-hydrogen) atoms. The van der Waals surface area contributed by atoms with Crippen molar-refractivity contribution in [3.05, 3.63) is 11.6 Å². The SMILES string of the molecule is CCS(=O)C1CCCC(NC(=NC)NCc2nnc(C)n2C)C1. The van der Waals surface area contributed by atoms with Crippen molar-refractivity contribution in [2.24, 2.45) is 12.0 Å². The summed E-state index contributed by atoms with van der Waals surface area (Å²) in [6.07, 6.45) is 4.24. The van der Waals surface area contributed by atoms with Crippen molar-refractivity contribution in [3.63, 3.8) is 0 Å². The van der Waals surface area contributed by atoms with Gasteiger partial charge in [0.25, 0.3) is 0 Å². The minimum Gasteiger partial charge on any atom is -0.354 e. The largest absolute Gasteiger partial charge is 0.354 e. The molecule has 0 bridgehead atoms. The van der Waals surface area contributed by atoms with Gasteiger partial charge in [-0.05, 0) is 26.2 Å². The van der Waals surface area contributed by atoms with Gasteiger partial charge < -0.3 is 15.2 Å². The average molecular weight is 340 g/mol. The number of nitrogens with one attached hydrogen (secondary N) is 2. The maximum absolute atomic E-state index is 12.0. The molecule has 3 unspecified atom stereocenters. The molecule has 130 valence electrons. The average Bonchev–Trinajstić information content (AvgIpc) is 2.90. The van der Waals surface area contributed by atoms with Crippen molar-refractivity contribution >= 4 is 16.8 Å². The Hall–Kier alpha value is -1.44. The first-order valence-electron chi connectivity index (χ1n) is 8.24. The molecule has 1 fully saturated rings. The second-order valence-electron chi connectivity index (χ2n) is 5.95. The number of hydrogen-bond acceptors (Lipinski definition) is 4. The number of hydrogen-bond donors (Lipinski definition) is 2. The molecule has 1 heterocycles. The lowest BCUT2D eigenvalue weighted by molar-refractivity contribution is 0.413. The summed E-state index contributed by atoms with van der Waals surface area (Å²) in [7, 11) is 3.01. The van der Waals surface area contributed by atoms with Gasteiger partial charge in [-0.3, -0.25) is 9.20 Å². The van der Waals surface area contributed by atoms with Crippen molar-refractivity contribution in [2.45, 2.75) is 57.4 Å². The Bertz CT molecular complexity index is 570. The van der Waals surface area contributed by atoms with E-state index in [1.54, 1.807) is 7.05 Å². The lowest BCUT2D eigenvalue weighted by Gasteiger charge is -2.30. The van der Waals surface area contributed by atoms with Crippen LogP contribution >= 0.6 is 0 Å². The van der Waals surface area contributed by atoms with Crippen molar-refractivity contribution in [3.8, 4) is 0 Å². The van der Waals surface area contributed by atoms with Gasteiger partial charge in [-0.1, -0.05) is 13.3 Å². The van der Waals surface area contributed by atoms with Crippen molar-refractivity contribution in [1.29, 1.82) is 0 Å². The van der Waals surface area contributed by atoms with Crippen molar-refractivity contribution < 1.29 is 4.21 Å². The van der Waals surface area contributed by atoms with E-state index >= 15 is 0 Å². The molecule has 3 atom stereocenters. The normalized spacial score (nSPS) is 23.6. The molecule has 1 aliphatic rings. The third-order valence-electron chi connectivity index (χ3n) is 4.44. The number of guanidine groups is 1. The number of aryl methyl sites for hydroxylation is 1. The van der Waals surface area contributed by atoms with Crippen LogP contribution < -0.4 is 10.6 Å². The van der Waals surface area contributed by atoms with Crippen LogP contribution in [-0.2, 0) is 24.4 Å². The first-order chi connectivity index (χ1) is 11.0. The second kappa shape index (κ2) is 8.42. The molecule has 0 aromatic carbocycles. The van der Waals surface area contributed by atoms with E-state index in [4.69, 9.17) is 0 Å². The van der Waals surface area contributed by atoms with Gasteiger partial charge in [0.15, 0.2) is 11.8 Å². The van der Waals surface area contributed by atoms with Crippen LogP contribution in [0.15, 0.2) is 4.99 Å². The second-order valence-corrected chi connectivity index (χ2v) is 7.95. The van der Waals surface area contributed by atoms with Gasteiger partial charge in [0.1, 0.15) is 5.82 Å². The Morgan fingerprint density at radius 1 is 1.43 bits per heavy atom. The Kier molecular flexibility index (Phi) is 6.56. The Morgan fingerprint density at radius 2 is 2.22 bits per heavy atom. The zero-order chi connectivity index (χ0) is 16.8. The molecule has 8 heteroatoms. The molecule has 0 radical (unpaired) electrons. The molecule has 0 amide bonds. The highest BCUT2D eigenvalue weighted by Crippen LogP contribution is 2.22. The van der Waals surface area contributed by atoms with Crippen molar-refractivity contribution in [2.75, 3.05) is 12.8 Å². The van der Waals surface area contributed by atoms with E-state index in [-0.39, 0.29) is 0 Å². The minimum absolute atomic E-state index is 0.311. The van der Waals surface area contributed by atoms with Crippen LogP contribution in [0, 0.1) is 6.92 Å². The third kappa shape index (κ3) is 4.76. The summed E-state index contributed by atoms with van der Waals surface area (Å²) < 4.78 is 14.0. The highest BCUT2D eigenvalue weighted by molar-refractivity contribution is 7.85. The molecule has 1 aromatic rings. The van der Waals surface area contributed by atoms with Gasteiger partial charge in [0, 0.05) is 41.9 Å². The molecule has 0 aliphatic heterocycles. The zero-order valence-electron chi connectivity index (χ0n) is 14.5. The molecular weight excluding hydrogens is 312 g/mol. The fourth-order valence-corrected chi connectivity index (χ4v) is 4.25. The van der Waals surface area contributed by atoms with Gasteiger partial charge in [-0.25, -0.2) is 0 Å².